The highest BCUT2D eigenvalue weighted by Crippen LogP contribution is 2.25. The van der Waals surface area contributed by atoms with Crippen molar-refractivity contribution in [1.82, 2.24) is 4.98 Å². The van der Waals surface area contributed by atoms with E-state index in [1.807, 2.05) is 6.92 Å². The van der Waals surface area contributed by atoms with Gasteiger partial charge in [0.25, 0.3) is 0 Å². The molecule has 0 bridgehead atoms. The Balaban J connectivity index is 2.19. The largest absolute Gasteiger partial charge is 0.506 e. The molecule has 0 aromatic carbocycles. The molecule has 0 aliphatic carbocycles. The summed E-state index contributed by atoms with van der Waals surface area (Å²) in [7, 11) is 1.61. The zero-order valence-corrected chi connectivity index (χ0v) is 14.0. The van der Waals surface area contributed by atoms with E-state index < -0.39 is 0 Å². The van der Waals surface area contributed by atoms with E-state index in [0.717, 1.165) is 24.1 Å². The maximum absolute atomic E-state index is 10.0. The third kappa shape index (κ3) is 6.83. The molecule has 3 heteroatoms. The molecule has 0 aliphatic rings. The second-order valence-electron chi connectivity index (χ2n) is 5.86. The molecule has 1 heterocycles. The first kappa shape index (κ1) is 17.8. The molecule has 0 saturated carbocycles. The average molecular weight is 293 g/mol. The van der Waals surface area contributed by atoms with Crippen LogP contribution in [0.3, 0.4) is 0 Å². The molecular formula is C18H31NO2. The molecule has 1 rings (SSSR count). The van der Waals surface area contributed by atoms with Crippen molar-refractivity contribution in [3.8, 4) is 11.6 Å². The Labute approximate surface area is 129 Å². The number of methoxy groups -OCH3 is 1. The molecule has 0 radical (unpaired) electrons. The highest BCUT2D eigenvalue weighted by molar-refractivity contribution is 5.38. The number of pyridine rings is 1. The fraction of sp³-hybridized carbons (Fsp3) is 0.722. The summed E-state index contributed by atoms with van der Waals surface area (Å²) in [5, 5.41) is 10.0. The second kappa shape index (κ2) is 10.5. The van der Waals surface area contributed by atoms with Crippen molar-refractivity contribution < 1.29 is 9.84 Å². The number of unbranched alkanes of at least 4 members (excludes halogenated alkanes) is 8. The topological polar surface area (TPSA) is 42.4 Å². The minimum atomic E-state index is 0.329. The van der Waals surface area contributed by atoms with Crippen molar-refractivity contribution in [2.24, 2.45) is 0 Å². The molecule has 1 aromatic rings. The first-order valence-electron chi connectivity index (χ1n) is 8.42. The molecule has 0 spiro atoms. The number of hydrogen-bond acceptors (Lipinski definition) is 3. The Morgan fingerprint density at radius 2 is 1.57 bits per heavy atom. The number of aryl methyl sites for hydroxylation is 2. The van der Waals surface area contributed by atoms with Crippen LogP contribution in [-0.2, 0) is 6.42 Å². The van der Waals surface area contributed by atoms with Crippen LogP contribution in [-0.4, -0.2) is 17.2 Å². The van der Waals surface area contributed by atoms with Gasteiger partial charge in [-0.3, -0.25) is 0 Å². The molecule has 0 aliphatic heterocycles. The maximum atomic E-state index is 10.0. The van der Waals surface area contributed by atoms with Gasteiger partial charge < -0.3 is 9.84 Å². The predicted molar refractivity (Wildman–Crippen MR) is 88.1 cm³/mol. The van der Waals surface area contributed by atoms with Crippen molar-refractivity contribution in [2.45, 2.75) is 78.1 Å². The van der Waals surface area contributed by atoms with Gasteiger partial charge in [0.15, 0.2) is 0 Å². The fourth-order valence-corrected chi connectivity index (χ4v) is 2.58. The van der Waals surface area contributed by atoms with Crippen LogP contribution in [0.2, 0.25) is 0 Å². The van der Waals surface area contributed by atoms with Crippen LogP contribution in [0.5, 0.6) is 11.6 Å². The molecule has 3 nitrogen and oxygen atoms in total. The van der Waals surface area contributed by atoms with Crippen LogP contribution in [0.25, 0.3) is 0 Å². The van der Waals surface area contributed by atoms with Crippen molar-refractivity contribution in [1.29, 1.82) is 0 Å². The second-order valence-corrected chi connectivity index (χ2v) is 5.86. The number of ether oxygens (including phenoxy) is 1. The fourth-order valence-electron chi connectivity index (χ4n) is 2.58. The van der Waals surface area contributed by atoms with Crippen LogP contribution in [0.4, 0.5) is 0 Å². The smallest absolute Gasteiger partial charge is 0.213 e. The van der Waals surface area contributed by atoms with Gasteiger partial charge in [0.1, 0.15) is 5.75 Å². The van der Waals surface area contributed by atoms with Crippen molar-refractivity contribution in [2.75, 3.05) is 7.11 Å². The minimum Gasteiger partial charge on any atom is -0.506 e. The van der Waals surface area contributed by atoms with E-state index in [1.54, 1.807) is 13.2 Å². The standard InChI is InChI=1S/C18H31NO2/c1-4-5-6-7-8-9-10-11-12-13-16-18(20)15(2)14-17(19-16)21-3/h14,20H,4-13H2,1-3H3. The summed E-state index contributed by atoms with van der Waals surface area (Å²) in [6.45, 7) is 4.14. The first-order valence-corrected chi connectivity index (χ1v) is 8.42. The van der Waals surface area contributed by atoms with Gasteiger partial charge in [-0.15, -0.1) is 0 Å². The molecule has 1 N–H and O–H groups in total. The normalized spacial score (nSPS) is 10.8. The Kier molecular flexibility index (Phi) is 8.88. The summed E-state index contributed by atoms with van der Waals surface area (Å²) in [4.78, 5) is 4.35. The molecule has 21 heavy (non-hydrogen) atoms. The summed E-state index contributed by atoms with van der Waals surface area (Å²) in [5.41, 5.74) is 1.61. The van der Waals surface area contributed by atoms with E-state index in [1.165, 1.54) is 51.4 Å². The average Bonchev–Trinajstić information content (AvgIpc) is 2.49. The van der Waals surface area contributed by atoms with Gasteiger partial charge in [-0.25, -0.2) is 4.98 Å². The first-order chi connectivity index (χ1) is 10.2. The summed E-state index contributed by atoms with van der Waals surface area (Å²) in [5.74, 6) is 0.923. The van der Waals surface area contributed by atoms with Gasteiger partial charge in [-0.2, -0.15) is 0 Å². The highest BCUT2D eigenvalue weighted by atomic mass is 16.5. The molecule has 0 amide bonds. The molecule has 0 fully saturated rings. The molecule has 0 saturated heterocycles. The minimum absolute atomic E-state index is 0.329. The van der Waals surface area contributed by atoms with Crippen molar-refractivity contribution in [3.05, 3.63) is 17.3 Å². The van der Waals surface area contributed by atoms with Crippen LogP contribution in [0.15, 0.2) is 6.07 Å². The predicted octanol–water partition coefficient (Wildman–Crippen LogP) is 5.18. The van der Waals surface area contributed by atoms with Crippen LogP contribution in [0, 0.1) is 6.92 Å². The molecule has 120 valence electrons. The van der Waals surface area contributed by atoms with Gasteiger partial charge >= 0.3 is 0 Å². The van der Waals surface area contributed by atoms with Crippen molar-refractivity contribution >= 4 is 0 Å². The molecule has 0 unspecified atom stereocenters. The van der Waals surface area contributed by atoms with E-state index in [4.69, 9.17) is 4.74 Å². The highest BCUT2D eigenvalue weighted by Gasteiger charge is 2.09. The lowest BCUT2D eigenvalue weighted by molar-refractivity contribution is 0.389. The number of aromatic hydroxyl groups is 1. The summed E-state index contributed by atoms with van der Waals surface area (Å²) >= 11 is 0. The third-order valence-corrected chi connectivity index (χ3v) is 3.96. The summed E-state index contributed by atoms with van der Waals surface area (Å²) < 4.78 is 5.16. The van der Waals surface area contributed by atoms with E-state index >= 15 is 0 Å². The van der Waals surface area contributed by atoms with Gasteiger partial charge in [0.2, 0.25) is 5.88 Å². The van der Waals surface area contributed by atoms with E-state index in [0.29, 0.717) is 11.6 Å². The Morgan fingerprint density at radius 1 is 1.00 bits per heavy atom. The number of hydrogen-bond donors (Lipinski definition) is 1. The van der Waals surface area contributed by atoms with Crippen LogP contribution < -0.4 is 4.74 Å². The van der Waals surface area contributed by atoms with E-state index in [2.05, 4.69) is 11.9 Å². The Morgan fingerprint density at radius 3 is 2.14 bits per heavy atom. The van der Waals surface area contributed by atoms with Crippen LogP contribution in [0.1, 0.15) is 76.0 Å². The number of rotatable bonds is 11. The maximum Gasteiger partial charge on any atom is 0.213 e. The molecule has 0 atom stereocenters. The van der Waals surface area contributed by atoms with Gasteiger partial charge in [-0.1, -0.05) is 58.3 Å². The van der Waals surface area contributed by atoms with Crippen molar-refractivity contribution in [3.63, 3.8) is 0 Å². The van der Waals surface area contributed by atoms with Gasteiger partial charge in [0.05, 0.1) is 12.8 Å². The lowest BCUT2D eigenvalue weighted by atomic mass is 10.0. The SMILES string of the molecule is CCCCCCCCCCCc1nc(OC)cc(C)c1O. The third-order valence-electron chi connectivity index (χ3n) is 3.96. The van der Waals surface area contributed by atoms with Gasteiger partial charge in [-0.05, 0) is 25.3 Å². The monoisotopic (exact) mass is 293 g/mol. The quantitative estimate of drug-likeness (QED) is 0.572. The summed E-state index contributed by atoms with van der Waals surface area (Å²) in [6, 6.07) is 1.77. The summed E-state index contributed by atoms with van der Waals surface area (Å²) in [6.07, 6.45) is 12.6. The molecule has 1 aromatic heterocycles. The van der Waals surface area contributed by atoms with E-state index in [9.17, 15) is 5.11 Å². The van der Waals surface area contributed by atoms with E-state index in [-0.39, 0.29) is 0 Å². The van der Waals surface area contributed by atoms with Gasteiger partial charge in [0, 0.05) is 6.07 Å². The Hall–Kier alpha value is -1.25. The van der Waals surface area contributed by atoms with Crippen LogP contribution >= 0.6 is 0 Å². The molecular weight excluding hydrogens is 262 g/mol. The number of nitrogens with zero attached hydrogens (tertiary/aromatic N) is 1. The lowest BCUT2D eigenvalue weighted by Gasteiger charge is -2.09. The zero-order valence-electron chi connectivity index (χ0n) is 14.0. The zero-order chi connectivity index (χ0) is 15.5. The lowest BCUT2D eigenvalue weighted by Crippen LogP contribution is -1.97. The Bertz CT molecular complexity index is 404. The number of aromatic nitrogens is 1.